The van der Waals surface area contributed by atoms with E-state index in [9.17, 15) is 14.4 Å². The zero-order valence-corrected chi connectivity index (χ0v) is 20.7. The monoisotopic (exact) mass is 564 g/mol. The van der Waals surface area contributed by atoms with Gasteiger partial charge in [-0.3, -0.25) is 19.3 Å². The second-order valence-corrected chi connectivity index (χ2v) is 10.2. The molecule has 1 aliphatic heterocycles. The summed E-state index contributed by atoms with van der Waals surface area (Å²) in [5, 5.41) is 2.81. The Balaban J connectivity index is 1.57. The largest absolute Gasteiger partial charge is 0.497 e. The van der Waals surface area contributed by atoms with Crippen molar-refractivity contribution in [3.63, 3.8) is 0 Å². The maximum atomic E-state index is 13.1. The number of anilines is 2. The lowest BCUT2D eigenvalue weighted by atomic mass is 9.81. The molecule has 0 unspecified atom stereocenters. The van der Waals surface area contributed by atoms with Gasteiger partial charge in [0.25, 0.3) is 5.91 Å². The van der Waals surface area contributed by atoms with E-state index in [1.54, 1.807) is 49.6 Å². The lowest BCUT2D eigenvalue weighted by molar-refractivity contribution is -0.122. The zero-order valence-electron chi connectivity index (χ0n) is 17.5. The van der Waals surface area contributed by atoms with Crippen LogP contribution in [0.25, 0.3) is 0 Å². The first-order valence-corrected chi connectivity index (χ1v) is 12.0. The van der Waals surface area contributed by atoms with Crippen molar-refractivity contribution in [3.8, 4) is 11.5 Å². The Morgan fingerprint density at radius 1 is 0.969 bits per heavy atom. The number of carbonyl (C=O) groups is 3. The minimum atomic E-state index is -0.382. The van der Waals surface area contributed by atoms with Gasteiger partial charge in [0.05, 0.1) is 37.4 Å². The average molecular weight is 566 g/mol. The van der Waals surface area contributed by atoms with Gasteiger partial charge < -0.3 is 14.8 Å². The first-order valence-electron chi connectivity index (χ1n) is 10.1. The number of hydrogen-bond acceptors (Lipinski definition) is 5. The number of ether oxygens (including phenoxy) is 2. The molecule has 2 fully saturated rings. The van der Waals surface area contributed by atoms with Gasteiger partial charge in [0, 0.05) is 21.3 Å². The van der Waals surface area contributed by atoms with Gasteiger partial charge in [-0.25, -0.2) is 0 Å². The topological polar surface area (TPSA) is 84.9 Å². The third-order valence-electron chi connectivity index (χ3n) is 5.93. The molecular formula is C23H22Br2N2O5. The lowest BCUT2D eigenvalue weighted by Crippen LogP contribution is -2.34. The maximum absolute atomic E-state index is 13.1. The smallest absolute Gasteiger partial charge is 0.255 e. The first kappa shape index (κ1) is 22.8. The average Bonchev–Trinajstić information content (AvgIpc) is 3.03. The fourth-order valence-electron chi connectivity index (χ4n) is 4.23. The first-order chi connectivity index (χ1) is 15.3. The molecule has 3 amide bonds. The van der Waals surface area contributed by atoms with Gasteiger partial charge >= 0.3 is 0 Å². The third kappa shape index (κ3) is 4.15. The third-order valence-corrected chi connectivity index (χ3v) is 8.67. The summed E-state index contributed by atoms with van der Waals surface area (Å²) in [4.78, 5) is 40.5. The number of hydrogen-bond donors (Lipinski definition) is 1. The van der Waals surface area contributed by atoms with Crippen molar-refractivity contribution in [3.05, 3.63) is 48.0 Å². The molecule has 2 aromatic rings. The molecule has 1 N–H and O–H groups in total. The zero-order chi connectivity index (χ0) is 23.0. The van der Waals surface area contributed by atoms with Gasteiger partial charge in [-0.15, -0.1) is 0 Å². The van der Waals surface area contributed by atoms with E-state index in [1.165, 1.54) is 12.0 Å². The quantitative estimate of drug-likeness (QED) is 0.429. The van der Waals surface area contributed by atoms with E-state index in [2.05, 4.69) is 37.2 Å². The molecule has 1 saturated carbocycles. The highest BCUT2D eigenvalue weighted by Gasteiger charge is 2.52. The van der Waals surface area contributed by atoms with E-state index >= 15 is 0 Å². The second kappa shape index (κ2) is 9.23. The molecule has 2 aromatic carbocycles. The van der Waals surface area contributed by atoms with E-state index < -0.39 is 0 Å². The molecule has 1 heterocycles. The number of imide groups is 1. The number of amides is 3. The van der Waals surface area contributed by atoms with Gasteiger partial charge in [-0.1, -0.05) is 37.9 Å². The predicted molar refractivity (Wildman–Crippen MR) is 128 cm³/mol. The van der Waals surface area contributed by atoms with Gasteiger partial charge in [0.1, 0.15) is 11.5 Å². The molecule has 4 atom stereocenters. The van der Waals surface area contributed by atoms with Crippen molar-refractivity contribution in [2.24, 2.45) is 11.8 Å². The number of rotatable bonds is 5. The minimum absolute atomic E-state index is 0.136. The van der Waals surface area contributed by atoms with Crippen molar-refractivity contribution < 1.29 is 23.9 Å². The summed E-state index contributed by atoms with van der Waals surface area (Å²) >= 11 is 7.19. The van der Waals surface area contributed by atoms with Gasteiger partial charge in [0.15, 0.2) is 0 Å². The van der Waals surface area contributed by atoms with Crippen LogP contribution in [0.2, 0.25) is 0 Å². The van der Waals surface area contributed by atoms with Crippen LogP contribution in [-0.4, -0.2) is 41.6 Å². The number of alkyl halides is 2. The Labute approximate surface area is 202 Å². The number of halogens is 2. The minimum Gasteiger partial charge on any atom is -0.497 e. The fraction of sp³-hybridized carbons (Fsp3) is 0.348. The number of carbonyl (C=O) groups excluding carboxylic acids is 3. The van der Waals surface area contributed by atoms with Crippen molar-refractivity contribution >= 4 is 61.0 Å². The van der Waals surface area contributed by atoms with E-state index in [0.717, 1.165) is 0 Å². The Kier molecular flexibility index (Phi) is 6.57. The highest BCUT2D eigenvalue weighted by Crippen LogP contribution is 2.44. The van der Waals surface area contributed by atoms with Crippen LogP contribution in [0.15, 0.2) is 42.5 Å². The summed E-state index contributed by atoms with van der Waals surface area (Å²) in [5.41, 5.74) is 1.21. The molecule has 0 radical (unpaired) electrons. The fourth-order valence-corrected chi connectivity index (χ4v) is 5.47. The SMILES string of the molecule is COc1ccc(NC(=O)c2cccc(N3C(=O)[C@H]4C[C@H](Br)[C@@H](Br)C[C@H]4C3=O)c2)c(OC)c1. The van der Waals surface area contributed by atoms with Crippen LogP contribution in [0.4, 0.5) is 11.4 Å². The summed E-state index contributed by atoms with van der Waals surface area (Å²) in [6.45, 7) is 0. The summed E-state index contributed by atoms with van der Waals surface area (Å²) < 4.78 is 10.5. The van der Waals surface area contributed by atoms with Gasteiger partial charge in [-0.05, 0) is 43.2 Å². The molecule has 7 nitrogen and oxygen atoms in total. The number of nitrogens with one attached hydrogen (secondary N) is 1. The normalized spacial score (nSPS) is 24.8. The molecular weight excluding hydrogens is 544 g/mol. The second-order valence-electron chi connectivity index (χ2n) is 7.80. The van der Waals surface area contributed by atoms with E-state index in [4.69, 9.17) is 9.47 Å². The molecule has 1 aliphatic carbocycles. The molecule has 9 heteroatoms. The van der Waals surface area contributed by atoms with E-state index in [0.29, 0.717) is 41.3 Å². The van der Waals surface area contributed by atoms with Gasteiger partial charge in [0.2, 0.25) is 11.8 Å². The Morgan fingerprint density at radius 3 is 2.22 bits per heavy atom. The number of nitrogens with zero attached hydrogens (tertiary/aromatic N) is 1. The van der Waals surface area contributed by atoms with Crippen LogP contribution in [-0.2, 0) is 9.59 Å². The number of methoxy groups -OCH3 is 2. The standard InChI is InChI=1S/C23H22Br2N2O5/c1-31-14-6-7-19(20(9-14)32-2)26-21(28)12-4-3-5-13(8-12)27-22(29)15-10-17(24)18(25)11-16(15)23(27)30/h3-9,15-18H,10-11H2,1-2H3,(H,26,28)/t15-,16+,17-,18-/m0/s1. The molecule has 1 saturated heterocycles. The van der Waals surface area contributed by atoms with Crippen LogP contribution in [0.5, 0.6) is 11.5 Å². The lowest BCUT2D eigenvalue weighted by Gasteiger charge is -2.29. The highest BCUT2D eigenvalue weighted by molar-refractivity contribution is 9.12. The number of benzene rings is 2. The highest BCUT2D eigenvalue weighted by atomic mass is 79.9. The molecule has 32 heavy (non-hydrogen) atoms. The van der Waals surface area contributed by atoms with E-state index in [1.807, 2.05) is 0 Å². The van der Waals surface area contributed by atoms with Crippen molar-refractivity contribution in [1.29, 1.82) is 0 Å². The summed E-state index contributed by atoms with van der Waals surface area (Å²) in [5.74, 6) is -0.435. The summed E-state index contributed by atoms with van der Waals surface area (Å²) in [6, 6.07) is 11.6. The molecule has 2 aliphatic rings. The Morgan fingerprint density at radius 2 is 1.62 bits per heavy atom. The molecule has 0 bridgehead atoms. The van der Waals surface area contributed by atoms with Crippen molar-refractivity contribution in [2.45, 2.75) is 22.5 Å². The van der Waals surface area contributed by atoms with Crippen LogP contribution in [0.1, 0.15) is 23.2 Å². The predicted octanol–water partition coefficient (Wildman–Crippen LogP) is 4.38. The Bertz CT molecular complexity index is 1050. The number of fused-ring (bicyclic) bond motifs is 1. The maximum Gasteiger partial charge on any atom is 0.255 e. The van der Waals surface area contributed by atoms with Crippen LogP contribution in [0, 0.1) is 11.8 Å². The van der Waals surface area contributed by atoms with E-state index in [-0.39, 0.29) is 39.2 Å². The van der Waals surface area contributed by atoms with Gasteiger partial charge in [-0.2, -0.15) is 0 Å². The molecule has 4 rings (SSSR count). The molecule has 168 valence electrons. The molecule has 0 spiro atoms. The molecule has 0 aromatic heterocycles. The van der Waals surface area contributed by atoms with Crippen LogP contribution < -0.4 is 19.7 Å². The Hall–Kier alpha value is -2.39. The van der Waals surface area contributed by atoms with Crippen LogP contribution in [0.3, 0.4) is 0 Å². The summed E-state index contributed by atoms with van der Waals surface area (Å²) in [7, 11) is 3.05. The van der Waals surface area contributed by atoms with Crippen molar-refractivity contribution in [2.75, 3.05) is 24.4 Å². The van der Waals surface area contributed by atoms with Crippen LogP contribution >= 0.6 is 31.9 Å². The van der Waals surface area contributed by atoms with Crippen molar-refractivity contribution in [1.82, 2.24) is 0 Å². The summed E-state index contributed by atoms with van der Waals surface area (Å²) in [6.07, 6.45) is 1.19.